The summed E-state index contributed by atoms with van der Waals surface area (Å²) in [6, 6.07) is 1.73. The highest BCUT2D eigenvalue weighted by molar-refractivity contribution is 5.46. The van der Waals surface area contributed by atoms with Crippen molar-refractivity contribution in [2.45, 2.75) is 34.6 Å². The van der Waals surface area contributed by atoms with Crippen LogP contribution in [0.15, 0.2) is 12.3 Å². The molecule has 0 bridgehead atoms. The van der Waals surface area contributed by atoms with Crippen molar-refractivity contribution in [1.82, 2.24) is 4.98 Å². The van der Waals surface area contributed by atoms with Crippen molar-refractivity contribution >= 4 is 11.5 Å². The monoisotopic (exact) mass is 265 g/mol. The van der Waals surface area contributed by atoms with Crippen LogP contribution in [0, 0.1) is 34.8 Å². The van der Waals surface area contributed by atoms with Crippen molar-refractivity contribution in [2.24, 2.45) is 17.8 Å². The van der Waals surface area contributed by atoms with E-state index in [4.69, 9.17) is 0 Å². The predicted molar refractivity (Wildman–Crippen MR) is 77.3 cm³/mol. The van der Waals surface area contributed by atoms with Gasteiger partial charge in [-0.1, -0.05) is 27.7 Å². The molecule has 0 aliphatic carbocycles. The van der Waals surface area contributed by atoms with Gasteiger partial charge in [-0.05, 0) is 30.7 Å². The van der Waals surface area contributed by atoms with E-state index in [0.29, 0.717) is 29.1 Å². The predicted octanol–water partition coefficient (Wildman–Crippen LogP) is 3.64. The van der Waals surface area contributed by atoms with Crippen molar-refractivity contribution in [1.29, 1.82) is 0 Å². The van der Waals surface area contributed by atoms with Crippen LogP contribution in [0.25, 0.3) is 0 Å². The molecular formula is C14H23N3O2. The molecule has 1 N–H and O–H groups in total. The van der Waals surface area contributed by atoms with Gasteiger partial charge in [-0.3, -0.25) is 10.1 Å². The molecule has 1 heterocycles. The fourth-order valence-corrected chi connectivity index (χ4v) is 2.30. The molecule has 0 saturated heterocycles. The molecule has 5 heteroatoms. The largest absolute Gasteiger partial charge is 0.370 e. The summed E-state index contributed by atoms with van der Waals surface area (Å²) in [5.41, 5.74) is 0.697. The number of rotatable bonds is 6. The van der Waals surface area contributed by atoms with Crippen molar-refractivity contribution in [3.63, 3.8) is 0 Å². The lowest BCUT2D eigenvalue weighted by Crippen LogP contribution is -2.24. The van der Waals surface area contributed by atoms with E-state index in [1.54, 1.807) is 13.0 Å². The molecule has 0 atom stereocenters. The van der Waals surface area contributed by atoms with Crippen molar-refractivity contribution < 1.29 is 4.92 Å². The quantitative estimate of drug-likeness (QED) is 0.630. The lowest BCUT2D eigenvalue weighted by Gasteiger charge is -2.25. The highest BCUT2D eigenvalue weighted by Crippen LogP contribution is 2.22. The minimum Gasteiger partial charge on any atom is -0.370 e. The topological polar surface area (TPSA) is 68.1 Å². The zero-order valence-electron chi connectivity index (χ0n) is 12.3. The van der Waals surface area contributed by atoms with Gasteiger partial charge in [-0.15, -0.1) is 0 Å². The Morgan fingerprint density at radius 3 is 2.32 bits per heavy atom. The minimum atomic E-state index is -0.406. The zero-order chi connectivity index (χ0) is 14.6. The van der Waals surface area contributed by atoms with Gasteiger partial charge in [0.1, 0.15) is 12.0 Å². The van der Waals surface area contributed by atoms with Gasteiger partial charge in [0, 0.05) is 12.1 Å². The van der Waals surface area contributed by atoms with Gasteiger partial charge < -0.3 is 5.32 Å². The second-order valence-corrected chi connectivity index (χ2v) is 5.65. The van der Waals surface area contributed by atoms with Gasteiger partial charge in [0.2, 0.25) is 0 Å². The molecular weight excluding hydrogens is 242 g/mol. The Morgan fingerprint density at radius 1 is 1.32 bits per heavy atom. The average molecular weight is 265 g/mol. The highest BCUT2D eigenvalue weighted by Gasteiger charge is 2.18. The normalized spacial score (nSPS) is 11.4. The summed E-state index contributed by atoms with van der Waals surface area (Å²) in [4.78, 5) is 14.4. The van der Waals surface area contributed by atoms with E-state index in [1.807, 2.05) is 0 Å². The summed E-state index contributed by atoms with van der Waals surface area (Å²) in [6.45, 7) is 11.4. The Hall–Kier alpha value is -1.65. The first-order valence-corrected chi connectivity index (χ1v) is 6.67. The summed E-state index contributed by atoms with van der Waals surface area (Å²) in [7, 11) is 0. The molecule has 0 unspecified atom stereocenters. The third-order valence-corrected chi connectivity index (χ3v) is 3.51. The van der Waals surface area contributed by atoms with E-state index in [-0.39, 0.29) is 5.69 Å². The smallest absolute Gasteiger partial charge is 0.290 e. The van der Waals surface area contributed by atoms with Crippen LogP contribution in [0.3, 0.4) is 0 Å². The first kappa shape index (κ1) is 15.4. The fourth-order valence-electron chi connectivity index (χ4n) is 2.30. The van der Waals surface area contributed by atoms with Gasteiger partial charge in [0.15, 0.2) is 0 Å². The van der Waals surface area contributed by atoms with Crippen LogP contribution in [0.2, 0.25) is 0 Å². The van der Waals surface area contributed by atoms with E-state index in [2.05, 4.69) is 38.0 Å². The van der Waals surface area contributed by atoms with E-state index in [0.717, 1.165) is 6.54 Å². The van der Waals surface area contributed by atoms with Gasteiger partial charge >= 0.3 is 0 Å². The van der Waals surface area contributed by atoms with Gasteiger partial charge in [0.05, 0.1) is 4.92 Å². The van der Waals surface area contributed by atoms with E-state index >= 15 is 0 Å². The fraction of sp³-hybridized carbons (Fsp3) is 0.643. The Morgan fingerprint density at radius 2 is 1.89 bits per heavy atom. The molecule has 1 aromatic rings. The van der Waals surface area contributed by atoms with Crippen molar-refractivity contribution in [2.75, 3.05) is 11.9 Å². The average Bonchev–Trinajstić information content (AvgIpc) is 2.27. The molecule has 0 aliphatic rings. The summed E-state index contributed by atoms with van der Waals surface area (Å²) in [6.07, 6.45) is 1.32. The molecule has 0 aliphatic heterocycles. The minimum absolute atomic E-state index is 0.0646. The number of aromatic nitrogens is 1. The standard InChI is InChI=1S/C14H23N3O2/c1-9(2)12(10(3)4)7-15-14-6-11(5)13(8-16-14)17(18)19/h6,8-10,12H,7H2,1-5H3,(H,15,16). The van der Waals surface area contributed by atoms with Crippen LogP contribution < -0.4 is 5.32 Å². The number of nitrogens with one attached hydrogen (secondary N) is 1. The lowest BCUT2D eigenvalue weighted by atomic mass is 9.85. The second-order valence-electron chi connectivity index (χ2n) is 5.65. The molecule has 5 nitrogen and oxygen atoms in total. The Labute approximate surface area is 114 Å². The van der Waals surface area contributed by atoms with Crippen LogP contribution in [0.4, 0.5) is 11.5 Å². The molecule has 106 valence electrons. The molecule has 1 aromatic heterocycles. The van der Waals surface area contributed by atoms with Crippen LogP contribution in [0.1, 0.15) is 33.3 Å². The molecule has 0 spiro atoms. The third-order valence-electron chi connectivity index (χ3n) is 3.51. The van der Waals surface area contributed by atoms with Crippen molar-refractivity contribution in [3.05, 3.63) is 27.9 Å². The number of hydrogen-bond acceptors (Lipinski definition) is 4. The Bertz CT molecular complexity index is 436. The van der Waals surface area contributed by atoms with Gasteiger partial charge in [-0.2, -0.15) is 0 Å². The number of anilines is 1. The maximum Gasteiger partial charge on any atom is 0.290 e. The van der Waals surface area contributed by atoms with Crippen LogP contribution in [-0.2, 0) is 0 Å². The number of nitro groups is 1. The molecule has 0 saturated carbocycles. The van der Waals surface area contributed by atoms with Crippen molar-refractivity contribution in [3.8, 4) is 0 Å². The molecule has 0 amide bonds. The Balaban J connectivity index is 2.73. The Kier molecular flexibility index (Phi) is 5.27. The number of hydrogen-bond donors (Lipinski definition) is 1. The maximum absolute atomic E-state index is 10.7. The molecule has 1 rings (SSSR count). The zero-order valence-corrected chi connectivity index (χ0v) is 12.3. The third kappa shape index (κ3) is 4.19. The first-order valence-electron chi connectivity index (χ1n) is 6.67. The summed E-state index contributed by atoms with van der Waals surface area (Å²) >= 11 is 0. The first-order chi connectivity index (χ1) is 8.82. The highest BCUT2D eigenvalue weighted by atomic mass is 16.6. The number of aryl methyl sites for hydroxylation is 1. The van der Waals surface area contributed by atoms with E-state index in [1.165, 1.54) is 6.20 Å². The molecule has 0 radical (unpaired) electrons. The van der Waals surface area contributed by atoms with Crippen LogP contribution >= 0.6 is 0 Å². The molecule has 0 aromatic carbocycles. The van der Waals surface area contributed by atoms with E-state index < -0.39 is 4.92 Å². The lowest BCUT2D eigenvalue weighted by molar-refractivity contribution is -0.385. The summed E-state index contributed by atoms with van der Waals surface area (Å²) in [5.74, 6) is 2.44. The van der Waals surface area contributed by atoms with Gasteiger partial charge in [-0.25, -0.2) is 4.98 Å². The molecule has 0 fully saturated rings. The maximum atomic E-state index is 10.7. The van der Waals surface area contributed by atoms with Crippen LogP contribution in [0.5, 0.6) is 0 Å². The summed E-state index contributed by atoms with van der Waals surface area (Å²) < 4.78 is 0. The SMILES string of the molecule is Cc1cc(NCC(C(C)C)C(C)C)ncc1[N+](=O)[O-]. The number of nitrogens with zero attached hydrogens (tertiary/aromatic N) is 2. The molecule has 19 heavy (non-hydrogen) atoms. The number of pyridine rings is 1. The summed E-state index contributed by atoms with van der Waals surface area (Å²) in [5, 5.41) is 14.0. The van der Waals surface area contributed by atoms with E-state index in [9.17, 15) is 10.1 Å². The second kappa shape index (κ2) is 6.50. The van der Waals surface area contributed by atoms with Gasteiger partial charge in [0.25, 0.3) is 5.69 Å². The van der Waals surface area contributed by atoms with Crippen LogP contribution in [-0.4, -0.2) is 16.5 Å².